The molecule has 12 heavy (non-hydrogen) atoms. The SMILES string of the molecule is C[C@@H](N)c1cc(Cl)c(O)c(Cl)c1. The average molecular weight is 206 g/mol. The van der Waals surface area contributed by atoms with Gasteiger partial charge in [-0.25, -0.2) is 0 Å². The lowest BCUT2D eigenvalue weighted by Gasteiger charge is -2.07. The highest BCUT2D eigenvalue weighted by atomic mass is 35.5. The van der Waals surface area contributed by atoms with Crippen LogP contribution in [0.5, 0.6) is 5.75 Å². The van der Waals surface area contributed by atoms with Crippen LogP contribution in [-0.2, 0) is 0 Å². The third kappa shape index (κ3) is 1.83. The second-order valence-corrected chi connectivity index (χ2v) is 3.44. The summed E-state index contributed by atoms with van der Waals surface area (Å²) in [5.74, 6) is -0.0947. The molecule has 0 aliphatic heterocycles. The zero-order valence-electron chi connectivity index (χ0n) is 6.51. The summed E-state index contributed by atoms with van der Waals surface area (Å²) in [7, 11) is 0. The number of benzene rings is 1. The van der Waals surface area contributed by atoms with E-state index in [4.69, 9.17) is 28.9 Å². The highest BCUT2D eigenvalue weighted by molar-refractivity contribution is 6.37. The van der Waals surface area contributed by atoms with Crippen LogP contribution in [0.15, 0.2) is 12.1 Å². The predicted molar refractivity (Wildman–Crippen MR) is 50.7 cm³/mol. The maximum Gasteiger partial charge on any atom is 0.152 e. The Bertz CT molecular complexity index is 276. The van der Waals surface area contributed by atoms with E-state index in [0.717, 1.165) is 5.56 Å². The quantitative estimate of drug-likeness (QED) is 0.741. The molecule has 0 radical (unpaired) electrons. The van der Waals surface area contributed by atoms with Gasteiger partial charge in [0, 0.05) is 6.04 Å². The van der Waals surface area contributed by atoms with E-state index in [1.165, 1.54) is 0 Å². The molecular formula is C8H9Cl2NO. The molecule has 66 valence electrons. The van der Waals surface area contributed by atoms with Gasteiger partial charge in [-0.3, -0.25) is 0 Å². The molecule has 3 N–H and O–H groups in total. The zero-order valence-corrected chi connectivity index (χ0v) is 8.02. The highest BCUT2D eigenvalue weighted by Crippen LogP contribution is 2.33. The number of hydrogen-bond acceptors (Lipinski definition) is 2. The fraction of sp³-hybridized carbons (Fsp3) is 0.250. The van der Waals surface area contributed by atoms with Crippen molar-refractivity contribution in [3.8, 4) is 5.75 Å². The molecule has 0 heterocycles. The minimum atomic E-state index is -0.138. The molecule has 0 aromatic heterocycles. The van der Waals surface area contributed by atoms with Crippen LogP contribution in [0.1, 0.15) is 18.5 Å². The van der Waals surface area contributed by atoms with Crippen molar-refractivity contribution in [1.29, 1.82) is 0 Å². The summed E-state index contributed by atoms with van der Waals surface area (Å²) in [6.45, 7) is 1.82. The molecule has 4 heteroatoms. The topological polar surface area (TPSA) is 46.2 Å². The summed E-state index contributed by atoms with van der Waals surface area (Å²) < 4.78 is 0. The third-order valence-corrected chi connectivity index (χ3v) is 2.14. The Labute approximate surface area is 80.9 Å². The van der Waals surface area contributed by atoms with Crippen LogP contribution in [0.25, 0.3) is 0 Å². The van der Waals surface area contributed by atoms with Crippen LogP contribution in [0.2, 0.25) is 10.0 Å². The van der Waals surface area contributed by atoms with E-state index in [0.29, 0.717) is 0 Å². The monoisotopic (exact) mass is 205 g/mol. The van der Waals surface area contributed by atoms with E-state index >= 15 is 0 Å². The number of phenols is 1. The van der Waals surface area contributed by atoms with Crippen molar-refractivity contribution in [3.63, 3.8) is 0 Å². The lowest BCUT2D eigenvalue weighted by Crippen LogP contribution is -2.04. The van der Waals surface area contributed by atoms with Gasteiger partial charge in [-0.2, -0.15) is 0 Å². The Balaban J connectivity index is 3.21. The van der Waals surface area contributed by atoms with E-state index in [2.05, 4.69) is 0 Å². The van der Waals surface area contributed by atoms with Gasteiger partial charge < -0.3 is 10.8 Å². The summed E-state index contributed by atoms with van der Waals surface area (Å²) in [4.78, 5) is 0. The molecule has 0 aliphatic rings. The maximum atomic E-state index is 9.21. The standard InChI is InChI=1S/C8H9Cl2NO/c1-4(11)5-2-6(9)8(12)7(10)3-5/h2-4,12H,11H2,1H3/t4-/m1/s1. The zero-order chi connectivity index (χ0) is 9.30. The van der Waals surface area contributed by atoms with Crippen molar-refractivity contribution in [2.24, 2.45) is 5.73 Å². The van der Waals surface area contributed by atoms with Crippen molar-refractivity contribution >= 4 is 23.2 Å². The smallest absolute Gasteiger partial charge is 0.152 e. The van der Waals surface area contributed by atoms with Crippen molar-refractivity contribution in [3.05, 3.63) is 27.7 Å². The molecule has 1 atom stereocenters. The van der Waals surface area contributed by atoms with Crippen LogP contribution >= 0.6 is 23.2 Å². The summed E-state index contributed by atoms with van der Waals surface area (Å²) in [6.07, 6.45) is 0. The number of halogens is 2. The molecule has 0 amide bonds. The van der Waals surface area contributed by atoms with Gasteiger partial charge in [0.1, 0.15) is 0 Å². The van der Waals surface area contributed by atoms with Crippen LogP contribution in [0.4, 0.5) is 0 Å². The van der Waals surface area contributed by atoms with Crippen LogP contribution in [0.3, 0.4) is 0 Å². The molecule has 1 aromatic rings. The Morgan fingerprint density at radius 1 is 1.33 bits per heavy atom. The first kappa shape index (κ1) is 9.65. The molecule has 1 aromatic carbocycles. The van der Waals surface area contributed by atoms with E-state index < -0.39 is 0 Å². The molecule has 0 fully saturated rings. The van der Waals surface area contributed by atoms with Crippen molar-refractivity contribution < 1.29 is 5.11 Å². The van der Waals surface area contributed by atoms with Crippen molar-refractivity contribution in [1.82, 2.24) is 0 Å². The fourth-order valence-electron chi connectivity index (χ4n) is 0.848. The second-order valence-electron chi connectivity index (χ2n) is 2.62. The van der Waals surface area contributed by atoms with Crippen LogP contribution < -0.4 is 5.73 Å². The first-order chi connectivity index (χ1) is 5.52. The molecule has 0 saturated carbocycles. The number of aromatic hydroxyl groups is 1. The summed E-state index contributed by atoms with van der Waals surface area (Å²) in [5, 5.41) is 9.67. The summed E-state index contributed by atoms with van der Waals surface area (Å²) >= 11 is 11.3. The van der Waals surface area contributed by atoms with Gasteiger partial charge in [0.15, 0.2) is 5.75 Å². The van der Waals surface area contributed by atoms with Crippen LogP contribution in [-0.4, -0.2) is 5.11 Å². The van der Waals surface area contributed by atoms with Gasteiger partial charge in [-0.05, 0) is 24.6 Å². The minimum absolute atomic E-state index is 0.0947. The van der Waals surface area contributed by atoms with Gasteiger partial charge in [-0.1, -0.05) is 23.2 Å². The average Bonchev–Trinajstić information content (AvgIpc) is 1.99. The second kappa shape index (κ2) is 3.52. The van der Waals surface area contributed by atoms with Crippen LogP contribution in [0, 0.1) is 0 Å². The van der Waals surface area contributed by atoms with Crippen molar-refractivity contribution in [2.75, 3.05) is 0 Å². The third-order valence-electron chi connectivity index (χ3n) is 1.57. The predicted octanol–water partition coefficient (Wildman–Crippen LogP) is 2.72. The van der Waals surface area contributed by atoms with Gasteiger partial charge in [0.2, 0.25) is 0 Å². The molecule has 0 unspecified atom stereocenters. The molecular weight excluding hydrogens is 197 g/mol. The number of phenolic OH excluding ortho intramolecular Hbond substituents is 1. The minimum Gasteiger partial charge on any atom is -0.505 e. The molecule has 1 rings (SSSR count). The molecule has 0 bridgehead atoms. The fourth-order valence-corrected chi connectivity index (χ4v) is 1.35. The number of rotatable bonds is 1. The first-order valence-corrected chi connectivity index (χ1v) is 4.21. The lowest BCUT2D eigenvalue weighted by atomic mass is 10.1. The maximum absolute atomic E-state index is 9.21. The van der Waals surface area contributed by atoms with E-state index in [-0.39, 0.29) is 21.8 Å². The molecule has 0 spiro atoms. The van der Waals surface area contributed by atoms with E-state index in [9.17, 15) is 5.11 Å². The number of hydrogen-bond donors (Lipinski definition) is 2. The van der Waals surface area contributed by atoms with Crippen molar-refractivity contribution in [2.45, 2.75) is 13.0 Å². The number of nitrogens with two attached hydrogens (primary N) is 1. The Hall–Kier alpha value is -0.440. The summed E-state index contributed by atoms with van der Waals surface area (Å²) in [6, 6.07) is 3.07. The van der Waals surface area contributed by atoms with Gasteiger partial charge >= 0.3 is 0 Å². The van der Waals surface area contributed by atoms with E-state index in [1.54, 1.807) is 12.1 Å². The molecule has 0 saturated heterocycles. The summed E-state index contributed by atoms with van der Waals surface area (Å²) in [5.41, 5.74) is 6.41. The lowest BCUT2D eigenvalue weighted by molar-refractivity contribution is 0.475. The Morgan fingerprint density at radius 2 is 1.75 bits per heavy atom. The van der Waals surface area contributed by atoms with Gasteiger partial charge in [0.25, 0.3) is 0 Å². The first-order valence-electron chi connectivity index (χ1n) is 3.46. The normalized spacial score (nSPS) is 13.0. The van der Waals surface area contributed by atoms with E-state index in [1.807, 2.05) is 6.92 Å². The molecule has 2 nitrogen and oxygen atoms in total. The van der Waals surface area contributed by atoms with Gasteiger partial charge in [0.05, 0.1) is 10.0 Å². The Kier molecular flexibility index (Phi) is 2.83. The van der Waals surface area contributed by atoms with Gasteiger partial charge in [-0.15, -0.1) is 0 Å². The molecule has 0 aliphatic carbocycles. The Morgan fingerprint density at radius 3 is 2.08 bits per heavy atom. The highest BCUT2D eigenvalue weighted by Gasteiger charge is 2.08. The largest absolute Gasteiger partial charge is 0.505 e.